The zero-order valence-corrected chi connectivity index (χ0v) is 11.6. The molecule has 0 unspecified atom stereocenters. The van der Waals surface area contributed by atoms with Crippen LogP contribution in [0.3, 0.4) is 0 Å². The molecule has 0 spiro atoms. The van der Waals surface area contributed by atoms with Crippen LogP contribution in [0.2, 0.25) is 0 Å². The third kappa shape index (κ3) is 2.23. The van der Waals surface area contributed by atoms with Crippen LogP contribution in [-0.2, 0) is 0 Å². The number of allylic oxidation sites excluding steroid dienone is 2. The summed E-state index contributed by atoms with van der Waals surface area (Å²) in [7, 11) is 0. The zero-order valence-electron chi connectivity index (χ0n) is 11.6. The van der Waals surface area contributed by atoms with Gasteiger partial charge in [0.25, 0.3) is 0 Å². The maximum Gasteiger partial charge on any atom is 0.206 e. The first kappa shape index (κ1) is 12.6. The second kappa shape index (κ2) is 4.93. The lowest BCUT2D eigenvalue weighted by molar-refractivity contribution is 0.331. The van der Waals surface area contributed by atoms with Crippen molar-refractivity contribution in [2.75, 3.05) is 6.61 Å². The Bertz CT molecular complexity index is 728. The van der Waals surface area contributed by atoms with Crippen molar-refractivity contribution in [2.24, 2.45) is 0 Å². The Morgan fingerprint density at radius 1 is 1.35 bits per heavy atom. The lowest BCUT2D eigenvalue weighted by Crippen LogP contribution is -2.03. The molecular weight excluding hydrogens is 252 g/mol. The van der Waals surface area contributed by atoms with E-state index >= 15 is 0 Å². The monoisotopic (exact) mass is 268 g/mol. The SMILES string of the molecule is C=C1C=Cc2cc3ccoc3c(OCC=C(C)C)c2O1. The summed E-state index contributed by atoms with van der Waals surface area (Å²) in [4.78, 5) is 0. The second-order valence-corrected chi connectivity index (χ2v) is 4.96. The molecule has 102 valence electrons. The number of ether oxygens (including phenoxy) is 2. The first-order valence-corrected chi connectivity index (χ1v) is 6.50. The fourth-order valence-electron chi connectivity index (χ4n) is 2.08. The minimum atomic E-state index is 0.480. The van der Waals surface area contributed by atoms with Crippen molar-refractivity contribution in [3.8, 4) is 11.5 Å². The van der Waals surface area contributed by atoms with Gasteiger partial charge in [0.2, 0.25) is 5.75 Å². The number of fused-ring (bicyclic) bond motifs is 2. The van der Waals surface area contributed by atoms with Crippen LogP contribution in [-0.4, -0.2) is 6.61 Å². The summed E-state index contributed by atoms with van der Waals surface area (Å²) in [5.74, 6) is 1.89. The van der Waals surface area contributed by atoms with Gasteiger partial charge in [-0.1, -0.05) is 12.2 Å². The minimum Gasteiger partial charge on any atom is -0.482 e. The van der Waals surface area contributed by atoms with Gasteiger partial charge in [-0.2, -0.15) is 0 Å². The van der Waals surface area contributed by atoms with Crippen LogP contribution in [0.15, 0.2) is 52.9 Å². The summed E-state index contributed by atoms with van der Waals surface area (Å²) < 4.78 is 17.1. The Morgan fingerprint density at radius 2 is 2.20 bits per heavy atom. The van der Waals surface area contributed by atoms with Crippen LogP contribution in [0.5, 0.6) is 11.5 Å². The number of furan rings is 1. The van der Waals surface area contributed by atoms with Crippen molar-refractivity contribution in [1.29, 1.82) is 0 Å². The molecule has 1 aromatic heterocycles. The van der Waals surface area contributed by atoms with Crippen molar-refractivity contribution < 1.29 is 13.9 Å². The largest absolute Gasteiger partial charge is 0.482 e. The Morgan fingerprint density at radius 3 is 3.00 bits per heavy atom. The van der Waals surface area contributed by atoms with Crippen LogP contribution in [0.4, 0.5) is 0 Å². The van der Waals surface area contributed by atoms with E-state index < -0.39 is 0 Å². The Kier molecular flexibility index (Phi) is 3.11. The molecule has 0 aliphatic carbocycles. The van der Waals surface area contributed by atoms with Gasteiger partial charge >= 0.3 is 0 Å². The van der Waals surface area contributed by atoms with Gasteiger partial charge in [-0.05, 0) is 44.2 Å². The van der Waals surface area contributed by atoms with E-state index in [9.17, 15) is 0 Å². The standard InChI is InChI=1S/C17H16O3/c1-11(2)6-8-19-17-15-14(7-9-18-15)10-13-5-4-12(3)20-16(13)17/h4-7,9-10H,3,8H2,1-2H3. The van der Waals surface area contributed by atoms with E-state index in [1.165, 1.54) is 5.57 Å². The van der Waals surface area contributed by atoms with Crippen LogP contribution < -0.4 is 9.47 Å². The summed E-state index contributed by atoms with van der Waals surface area (Å²) in [5, 5.41) is 0.997. The third-order valence-electron chi connectivity index (χ3n) is 3.08. The Labute approximate surface area is 117 Å². The quantitative estimate of drug-likeness (QED) is 0.756. The van der Waals surface area contributed by atoms with Gasteiger partial charge in [-0.15, -0.1) is 0 Å². The van der Waals surface area contributed by atoms with Gasteiger partial charge in [0.1, 0.15) is 12.4 Å². The lowest BCUT2D eigenvalue weighted by Gasteiger charge is -2.18. The molecule has 20 heavy (non-hydrogen) atoms. The van der Waals surface area contributed by atoms with Gasteiger partial charge < -0.3 is 13.9 Å². The number of benzene rings is 1. The highest BCUT2D eigenvalue weighted by Gasteiger charge is 2.20. The molecule has 0 bridgehead atoms. The van der Waals surface area contributed by atoms with E-state index in [-0.39, 0.29) is 0 Å². The fraction of sp³-hybridized carbons (Fsp3) is 0.176. The normalized spacial score (nSPS) is 13.0. The van der Waals surface area contributed by atoms with E-state index in [1.54, 1.807) is 6.26 Å². The van der Waals surface area contributed by atoms with E-state index in [4.69, 9.17) is 13.9 Å². The van der Waals surface area contributed by atoms with E-state index in [0.29, 0.717) is 29.4 Å². The molecule has 0 amide bonds. The van der Waals surface area contributed by atoms with E-state index in [2.05, 4.69) is 6.58 Å². The number of rotatable bonds is 3. The molecule has 0 radical (unpaired) electrons. The van der Waals surface area contributed by atoms with Crippen molar-refractivity contribution >= 4 is 17.0 Å². The predicted octanol–water partition coefficient (Wildman–Crippen LogP) is 4.70. The predicted molar refractivity (Wildman–Crippen MR) is 79.9 cm³/mol. The number of hydrogen-bond acceptors (Lipinski definition) is 3. The maximum atomic E-state index is 5.87. The van der Waals surface area contributed by atoms with Gasteiger partial charge in [0, 0.05) is 10.9 Å². The highest BCUT2D eigenvalue weighted by Crippen LogP contribution is 2.43. The molecular formula is C17H16O3. The third-order valence-corrected chi connectivity index (χ3v) is 3.08. The summed E-state index contributed by atoms with van der Waals surface area (Å²) in [6.07, 6.45) is 7.49. The first-order chi connectivity index (χ1) is 9.65. The van der Waals surface area contributed by atoms with Crippen LogP contribution in [0.25, 0.3) is 17.0 Å². The zero-order chi connectivity index (χ0) is 14.1. The summed E-state index contributed by atoms with van der Waals surface area (Å²) in [5.41, 5.74) is 2.88. The number of hydrogen-bond donors (Lipinski definition) is 0. The molecule has 2 aromatic rings. The molecule has 3 nitrogen and oxygen atoms in total. The average Bonchev–Trinajstić information content (AvgIpc) is 2.86. The maximum absolute atomic E-state index is 5.87. The molecule has 0 fully saturated rings. The molecule has 0 saturated carbocycles. The molecule has 1 aliphatic rings. The molecule has 0 atom stereocenters. The van der Waals surface area contributed by atoms with Gasteiger partial charge in [-0.3, -0.25) is 0 Å². The first-order valence-electron chi connectivity index (χ1n) is 6.50. The molecule has 1 aromatic carbocycles. The van der Waals surface area contributed by atoms with Gasteiger partial charge in [-0.25, -0.2) is 0 Å². The Hall–Kier alpha value is -2.42. The van der Waals surface area contributed by atoms with Crippen molar-refractivity contribution in [1.82, 2.24) is 0 Å². The molecule has 0 N–H and O–H groups in total. The molecule has 3 rings (SSSR count). The van der Waals surface area contributed by atoms with Crippen molar-refractivity contribution in [3.05, 3.63) is 54.0 Å². The minimum absolute atomic E-state index is 0.480. The molecule has 3 heteroatoms. The summed E-state index contributed by atoms with van der Waals surface area (Å²) in [6, 6.07) is 3.94. The van der Waals surface area contributed by atoms with Gasteiger partial charge in [0.15, 0.2) is 11.3 Å². The highest BCUT2D eigenvalue weighted by atomic mass is 16.5. The van der Waals surface area contributed by atoms with Crippen LogP contribution in [0, 0.1) is 0 Å². The lowest BCUT2D eigenvalue weighted by atomic mass is 10.1. The average molecular weight is 268 g/mol. The topological polar surface area (TPSA) is 31.6 Å². The van der Waals surface area contributed by atoms with Crippen LogP contribution in [0.1, 0.15) is 19.4 Å². The summed E-state index contributed by atoms with van der Waals surface area (Å²) in [6.45, 7) is 8.37. The van der Waals surface area contributed by atoms with E-state index in [0.717, 1.165) is 10.9 Å². The van der Waals surface area contributed by atoms with Crippen molar-refractivity contribution in [3.63, 3.8) is 0 Å². The highest BCUT2D eigenvalue weighted by molar-refractivity contribution is 5.90. The van der Waals surface area contributed by atoms with Gasteiger partial charge in [0.05, 0.1) is 6.26 Å². The molecule has 1 aliphatic heterocycles. The van der Waals surface area contributed by atoms with Crippen molar-refractivity contribution in [2.45, 2.75) is 13.8 Å². The fourth-order valence-corrected chi connectivity index (χ4v) is 2.08. The Balaban J connectivity index is 2.09. The van der Waals surface area contributed by atoms with E-state index in [1.807, 2.05) is 44.2 Å². The smallest absolute Gasteiger partial charge is 0.206 e. The van der Waals surface area contributed by atoms with Crippen LogP contribution >= 0.6 is 0 Å². The molecule has 0 saturated heterocycles. The second-order valence-electron chi connectivity index (χ2n) is 4.96. The summed E-state index contributed by atoms with van der Waals surface area (Å²) >= 11 is 0. The molecule has 2 heterocycles.